The summed E-state index contributed by atoms with van der Waals surface area (Å²) >= 11 is 5.80. The van der Waals surface area contributed by atoms with E-state index in [1.165, 1.54) is 6.33 Å². The maximum absolute atomic E-state index is 5.80. The molecule has 0 fully saturated rings. The summed E-state index contributed by atoms with van der Waals surface area (Å²) in [7, 11) is 0. The Kier molecular flexibility index (Phi) is 4.40. The van der Waals surface area contributed by atoms with Crippen molar-refractivity contribution in [3.05, 3.63) is 12.2 Å². The van der Waals surface area contributed by atoms with Gasteiger partial charge in [-0.1, -0.05) is 6.92 Å². The SMILES string of the molecule is CCC(Cl)c1ncn[nH]1.Cl. The van der Waals surface area contributed by atoms with Gasteiger partial charge in [0.1, 0.15) is 12.2 Å². The van der Waals surface area contributed by atoms with Crippen LogP contribution in [0, 0.1) is 0 Å². The lowest BCUT2D eigenvalue weighted by Crippen LogP contribution is -1.90. The highest BCUT2D eigenvalue weighted by atomic mass is 35.5. The number of aromatic amines is 1. The molecule has 0 radical (unpaired) electrons. The molecule has 1 unspecified atom stereocenters. The van der Waals surface area contributed by atoms with Crippen molar-refractivity contribution >= 4 is 24.0 Å². The van der Waals surface area contributed by atoms with Gasteiger partial charge in [-0.05, 0) is 6.42 Å². The lowest BCUT2D eigenvalue weighted by atomic mass is 10.3. The fourth-order valence-corrected chi connectivity index (χ4v) is 0.664. The summed E-state index contributed by atoms with van der Waals surface area (Å²) in [6.07, 6.45) is 2.33. The van der Waals surface area contributed by atoms with Crippen LogP contribution in [-0.2, 0) is 0 Å². The highest BCUT2D eigenvalue weighted by Crippen LogP contribution is 2.18. The normalized spacial score (nSPS) is 12.2. The smallest absolute Gasteiger partial charge is 0.142 e. The zero-order valence-corrected chi connectivity index (χ0v) is 7.11. The number of alkyl halides is 1. The Morgan fingerprint density at radius 2 is 2.50 bits per heavy atom. The number of hydrogen-bond acceptors (Lipinski definition) is 2. The first-order valence-corrected chi connectivity index (χ1v) is 3.27. The Labute approximate surface area is 70.6 Å². The maximum Gasteiger partial charge on any atom is 0.142 e. The quantitative estimate of drug-likeness (QED) is 0.709. The topological polar surface area (TPSA) is 41.6 Å². The van der Waals surface area contributed by atoms with Crippen molar-refractivity contribution in [2.24, 2.45) is 0 Å². The number of H-pyrrole nitrogens is 1. The van der Waals surface area contributed by atoms with E-state index in [0.717, 1.165) is 12.2 Å². The Hall–Kier alpha value is -0.280. The molecule has 1 aromatic rings. The minimum Gasteiger partial charge on any atom is -0.262 e. The van der Waals surface area contributed by atoms with Crippen LogP contribution in [0.15, 0.2) is 6.33 Å². The van der Waals surface area contributed by atoms with Gasteiger partial charge in [0, 0.05) is 0 Å². The predicted octanol–water partition coefficient (Wildman–Crippen LogP) is 1.92. The van der Waals surface area contributed by atoms with Crippen molar-refractivity contribution < 1.29 is 0 Å². The molecule has 0 aliphatic rings. The van der Waals surface area contributed by atoms with Gasteiger partial charge in [0.2, 0.25) is 0 Å². The van der Waals surface area contributed by atoms with E-state index in [1.807, 2.05) is 6.92 Å². The van der Waals surface area contributed by atoms with E-state index in [1.54, 1.807) is 0 Å². The lowest BCUT2D eigenvalue weighted by Gasteiger charge is -1.97. The summed E-state index contributed by atoms with van der Waals surface area (Å²) in [6.45, 7) is 2.00. The van der Waals surface area contributed by atoms with Crippen molar-refractivity contribution in [1.82, 2.24) is 15.2 Å². The van der Waals surface area contributed by atoms with E-state index in [4.69, 9.17) is 11.6 Å². The van der Waals surface area contributed by atoms with E-state index in [2.05, 4.69) is 15.2 Å². The number of rotatable bonds is 2. The summed E-state index contributed by atoms with van der Waals surface area (Å²) in [5.74, 6) is 0.749. The molecule has 0 spiro atoms. The molecule has 1 heterocycles. The average Bonchev–Trinajstić information content (AvgIpc) is 2.37. The van der Waals surface area contributed by atoms with Crippen LogP contribution >= 0.6 is 24.0 Å². The Balaban J connectivity index is 0.000000810. The molecule has 5 heteroatoms. The molecule has 0 saturated carbocycles. The van der Waals surface area contributed by atoms with Crippen LogP contribution in [0.4, 0.5) is 0 Å². The number of halogens is 2. The van der Waals surface area contributed by atoms with Gasteiger partial charge < -0.3 is 0 Å². The van der Waals surface area contributed by atoms with E-state index >= 15 is 0 Å². The second-order valence-electron chi connectivity index (χ2n) is 1.75. The molecule has 0 aliphatic heterocycles. The third-order valence-electron chi connectivity index (χ3n) is 1.09. The fraction of sp³-hybridized carbons (Fsp3) is 0.600. The first kappa shape index (κ1) is 9.72. The summed E-state index contributed by atoms with van der Waals surface area (Å²) in [4.78, 5) is 3.89. The van der Waals surface area contributed by atoms with Crippen molar-refractivity contribution in [2.45, 2.75) is 18.7 Å². The second kappa shape index (κ2) is 4.52. The maximum atomic E-state index is 5.80. The molecule has 0 aromatic carbocycles. The fourth-order valence-electron chi connectivity index (χ4n) is 0.559. The second-order valence-corrected chi connectivity index (χ2v) is 2.27. The Morgan fingerprint density at radius 3 is 2.90 bits per heavy atom. The summed E-state index contributed by atoms with van der Waals surface area (Å²) < 4.78 is 0. The van der Waals surface area contributed by atoms with Crippen LogP contribution in [0.1, 0.15) is 24.5 Å². The molecule has 1 atom stereocenters. The molecular weight excluding hydrogens is 173 g/mol. The number of aromatic nitrogens is 3. The van der Waals surface area contributed by atoms with Crippen molar-refractivity contribution in [1.29, 1.82) is 0 Å². The molecule has 1 rings (SSSR count). The van der Waals surface area contributed by atoms with Gasteiger partial charge in [-0.25, -0.2) is 4.98 Å². The molecule has 58 valence electrons. The molecule has 0 saturated heterocycles. The largest absolute Gasteiger partial charge is 0.262 e. The number of nitrogens with one attached hydrogen (secondary N) is 1. The van der Waals surface area contributed by atoms with Gasteiger partial charge >= 0.3 is 0 Å². The van der Waals surface area contributed by atoms with E-state index < -0.39 is 0 Å². The van der Waals surface area contributed by atoms with Crippen LogP contribution in [0.3, 0.4) is 0 Å². The van der Waals surface area contributed by atoms with Gasteiger partial charge in [0.25, 0.3) is 0 Å². The van der Waals surface area contributed by atoms with Crippen LogP contribution in [0.5, 0.6) is 0 Å². The number of hydrogen-bond donors (Lipinski definition) is 1. The zero-order valence-electron chi connectivity index (χ0n) is 5.54. The molecule has 3 nitrogen and oxygen atoms in total. The molecule has 0 aliphatic carbocycles. The average molecular weight is 182 g/mol. The Morgan fingerprint density at radius 1 is 1.80 bits per heavy atom. The van der Waals surface area contributed by atoms with Crippen molar-refractivity contribution in [3.63, 3.8) is 0 Å². The predicted molar refractivity (Wildman–Crippen MR) is 42.5 cm³/mol. The van der Waals surface area contributed by atoms with Crippen LogP contribution in [-0.4, -0.2) is 15.2 Å². The molecule has 10 heavy (non-hydrogen) atoms. The summed E-state index contributed by atoms with van der Waals surface area (Å²) in [5, 5.41) is 6.34. The minimum atomic E-state index is -0.0208. The lowest BCUT2D eigenvalue weighted by molar-refractivity contribution is 0.809. The highest BCUT2D eigenvalue weighted by Gasteiger charge is 2.05. The highest BCUT2D eigenvalue weighted by molar-refractivity contribution is 6.20. The Bertz CT molecular complexity index is 163. The van der Waals surface area contributed by atoms with Crippen LogP contribution < -0.4 is 0 Å². The minimum absolute atomic E-state index is 0. The monoisotopic (exact) mass is 181 g/mol. The third kappa shape index (κ3) is 2.15. The first-order chi connectivity index (χ1) is 4.34. The van der Waals surface area contributed by atoms with Gasteiger partial charge in [-0.15, -0.1) is 24.0 Å². The van der Waals surface area contributed by atoms with E-state index in [0.29, 0.717) is 0 Å². The molecule has 1 aromatic heterocycles. The van der Waals surface area contributed by atoms with Gasteiger partial charge in [-0.3, -0.25) is 5.10 Å². The van der Waals surface area contributed by atoms with Gasteiger partial charge in [0.15, 0.2) is 0 Å². The molecule has 1 N–H and O–H groups in total. The van der Waals surface area contributed by atoms with Crippen LogP contribution in [0.25, 0.3) is 0 Å². The van der Waals surface area contributed by atoms with Gasteiger partial charge in [-0.2, -0.15) is 5.10 Å². The molecule has 0 bridgehead atoms. The summed E-state index contributed by atoms with van der Waals surface area (Å²) in [5.41, 5.74) is 0. The number of nitrogens with zero attached hydrogens (tertiary/aromatic N) is 2. The standard InChI is InChI=1S/C5H8ClN3.ClH/c1-2-4(6)5-7-3-8-9-5;/h3-4H,2H2,1H3,(H,7,8,9);1H. The van der Waals surface area contributed by atoms with Crippen LogP contribution in [0.2, 0.25) is 0 Å². The third-order valence-corrected chi connectivity index (χ3v) is 1.60. The van der Waals surface area contributed by atoms with E-state index in [-0.39, 0.29) is 17.8 Å². The van der Waals surface area contributed by atoms with E-state index in [9.17, 15) is 0 Å². The summed E-state index contributed by atoms with van der Waals surface area (Å²) in [6, 6.07) is 0. The first-order valence-electron chi connectivity index (χ1n) is 2.84. The molecular formula is C5H9Cl2N3. The van der Waals surface area contributed by atoms with Crippen molar-refractivity contribution in [2.75, 3.05) is 0 Å². The zero-order chi connectivity index (χ0) is 6.69. The molecule has 0 amide bonds. The van der Waals surface area contributed by atoms with Crippen molar-refractivity contribution in [3.8, 4) is 0 Å². The van der Waals surface area contributed by atoms with Gasteiger partial charge in [0.05, 0.1) is 5.38 Å².